The van der Waals surface area contributed by atoms with Gasteiger partial charge in [-0.25, -0.2) is 0 Å². The molecule has 0 aliphatic heterocycles. The first-order valence-electron chi connectivity index (χ1n) is 2.41. The second-order valence-electron chi connectivity index (χ2n) is 1.49. The lowest BCUT2D eigenvalue weighted by atomic mass is 10.5. The number of alkyl halides is 2. The molecule has 0 aromatic carbocycles. The van der Waals surface area contributed by atoms with Gasteiger partial charge in [-0.2, -0.15) is 8.78 Å². The lowest BCUT2D eigenvalue weighted by Crippen LogP contribution is -2.10. The highest BCUT2D eigenvalue weighted by molar-refractivity contribution is 7.85. The van der Waals surface area contributed by atoms with Crippen LogP contribution in [0, 0.1) is 0 Å². The standard InChI is InChI=1S/C4H6F2O3S/c5-4(6)10(9)2-1-3(7)8/h4H,1-2H2,(H,7,8). The van der Waals surface area contributed by atoms with Crippen molar-refractivity contribution in [1.29, 1.82) is 0 Å². The van der Waals surface area contributed by atoms with E-state index in [0.29, 0.717) is 0 Å². The molecule has 0 heterocycles. The summed E-state index contributed by atoms with van der Waals surface area (Å²) in [6.45, 7) is 0. The largest absolute Gasteiger partial charge is 0.481 e. The molecule has 0 aliphatic rings. The Morgan fingerprint density at radius 3 is 2.40 bits per heavy atom. The van der Waals surface area contributed by atoms with Gasteiger partial charge in [-0.15, -0.1) is 0 Å². The van der Waals surface area contributed by atoms with Crippen molar-refractivity contribution in [3.8, 4) is 0 Å². The van der Waals surface area contributed by atoms with Crippen LogP contribution >= 0.6 is 0 Å². The molecular formula is C4H6F2O3S. The fraction of sp³-hybridized carbons (Fsp3) is 0.750. The van der Waals surface area contributed by atoms with Gasteiger partial charge in [-0.05, 0) is 0 Å². The Morgan fingerprint density at radius 2 is 2.10 bits per heavy atom. The Kier molecular flexibility index (Phi) is 4.10. The summed E-state index contributed by atoms with van der Waals surface area (Å²) >= 11 is 0. The lowest BCUT2D eigenvalue weighted by Gasteiger charge is -1.95. The van der Waals surface area contributed by atoms with Crippen molar-refractivity contribution in [3.05, 3.63) is 0 Å². The van der Waals surface area contributed by atoms with Crippen LogP contribution in [-0.2, 0) is 15.6 Å². The minimum absolute atomic E-state index is 0.475. The molecule has 0 fully saturated rings. The normalized spacial score (nSPS) is 13.5. The molecular weight excluding hydrogens is 166 g/mol. The van der Waals surface area contributed by atoms with Crippen LogP contribution in [0.4, 0.5) is 8.78 Å². The number of hydrogen-bond donors (Lipinski definition) is 1. The van der Waals surface area contributed by atoms with Gasteiger partial charge in [0.1, 0.15) is 0 Å². The number of carbonyl (C=O) groups is 1. The molecule has 6 heteroatoms. The molecule has 3 nitrogen and oxygen atoms in total. The van der Waals surface area contributed by atoms with Crippen molar-refractivity contribution < 1.29 is 22.9 Å². The first kappa shape index (κ1) is 9.48. The molecule has 10 heavy (non-hydrogen) atoms. The second kappa shape index (κ2) is 4.32. The Hall–Kier alpha value is -0.520. The molecule has 1 N–H and O–H groups in total. The molecule has 0 bridgehead atoms. The molecule has 1 atom stereocenters. The van der Waals surface area contributed by atoms with Crippen molar-refractivity contribution in [1.82, 2.24) is 0 Å². The molecule has 0 radical (unpaired) electrons. The zero-order chi connectivity index (χ0) is 8.15. The third-order valence-corrected chi connectivity index (χ3v) is 1.72. The number of hydrogen-bond acceptors (Lipinski definition) is 2. The molecule has 0 aromatic heterocycles. The zero-order valence-electron chi connectivity index (χ0n) is 4.92. The summed E-state index contributed by atoms with van der Waals surface area (Å²) in [5.41, 5.74) is 0. The summed E-state index contributed by atoms with van der Waals surface area (Å²) in [4.78, 5) is 9.75. The van der Waals surface area contributed by atoms with Crippen molar-refractivity contribution in [2.75, 3.05) is 5.75 Å². The van der Waals surface area contributed by atoms with Crippen LogP contribution in [0.2, 0.25) is 0 Å². The van der Waals surface area contributed by atoms with Crippen molar-refractivity contribution in [2.24, 2.45) is 0 Å². The average Bonchev–Trinajstić information content (AvgIpc) is 1.82. The molecule has 1 unspecified atom stereocenters. The smallest absolute Gasteiger partial charge is 0.311 e. The predicted molar refractivity (Wildman–Crippen MR) is 31.3 cm³/mol. The van der Waals surface area contributed by atoms with Gasteiger partial charge in [-0.1, -0.05) is 0 Å². The van der Waals surface area contributed by atoms with E-state index in [1.807, 2.05) is 0 Å². The molecule has 0 rings (SSSR count). The summed E-state index contributed by atoms with van der Waals surface area (Å²) in [5.74, 6) is -4.62. The Balaban J connectivity index is 3.50. The number of aliphatic carboxylic acids is 1. The van der Waals surface area contributed by atoms with Crippen LogP contribution in [0.1, 0.15) is 6.42 Å². The third-order valence-electron chi connectivity index (χ3n) is 0.716. The van der Waals surface area contributed by atoms with Gasteiger partial charge in [0.2, 0.25) is 0 Å². The molecule has 0 saturated heterocycles. The van der Waals surface area contributed by atoms with E-state index in [0.717, 1.165) is 0 Å². The maximum atomic E-state index is 11.4. The predicted octanol–water partition coefficient (Wildman–Crippen LogP) is 0.432. The van der Waals surface area contributed by atoms with Crippen molar-refractivity contribution in [2.45, 2.75) is 12.2 Å². The van der Waals surface area contributed by atoms with Crippen molar-refractivity contribution >= 4 is 16.8 Å². The highest BCUT2D eigenvalue weighted by Crippen LogP contribution is 2.00. The van der Waals surface area contributed by atoms with Gasteiger partial charge < -0.3 is 5.11 Å². The fourth-order valence-electron chi connectivity index (χ4n) is 0.277. The van der Waals surface area contributed by atoms with Crippen LogP contribution in [0.3, 0.4) is 0 Å². The first-order chi connectivity index (χ1) is 4.54. The van der Waals surface area contributed by atoms with Gasteiger partial charge in [0.05, 0.1) is 17.2 Å². The van der Waals surface area contributed by atoms with Gasteiger partial charge in [0.15, 0.2) is 0 Å². The lowest BCUT2D eigenvalue weighted by molar-refractivity contribution is -0.136. The van der Waals surface area contributed by atoms with Crippen LogP contribution in [0.15, 0.2) is 0 Å². The van der Waals surface area contributed by atoms with E-state index in [2.05, 4.69) is 0 Å². The van der Waals surface area contributed by atoms with E-state index in [-0.39, 0.29) is 0 Å². The summed E-state index contributed by atoms with van der Waals surface area (Å²) in [7, 11) is -2.31. The van der Waals surface area contributed by atoms with E-state index in [1.165, 1.54) is 0 Å². The molecule has 0 aromatic rings. The minimum Gasteiger partial charge on any atom is -0.481 e. The monoisotopic (exact) mass is 172 g/mol. The number of carboxylic acid groups (broad SMARTS) is 1. The quantitative estimate of drug-likeness (QED) is 0.669. The average molecular weight is 172 g/mol. The van der Waals surface area contributed by atoms with Gasteiger partial charge in [0.25, 0.3) is 0 Å². The molecule has 0 amide bonds. The number of halogens is 2. The summed E-state index contributed by atoms with van der Waals surface area (Å²) < 4.78 is 32.9. The second-order valence-corrected chi connectivity index (χ2v) is 3.02. The van der Waals surface area contributed by atoms with Crippen LogP contribution in [0.5, 0.6) is 0 Å². The SMILES string of the molecule is O=C(O)CCS(=O)C(F)F. The topological polar surface area (TPSA) is 54.4 Å². The van der Waals surface area contributed by atoms with Gasteiger partial charge in [-0.3, -0.25) is 9.00 Å². The van der Waals surface area contributed by atoms with Gasteiger partial charge in [0, 0.05) is 5.75 Å². The summed E-state index contributed by atoms with van der Waals surface area (Å²) in [5, 5.41) is 7.96. The van der Waals surface area contributed by atoms with E-state index in [1.54, 1.807) is 0 Å². The summed E-state index contributed by atoms with van der Waals surface area (Å²) in [6, 6.07) is 0. The molecule has 0 saturated carbocycles. The maximum absolute atomic E-state index is 11.4. The third kappa shape index (κ3) is 4.37. The fourth-order valence-corrected chi connectivity index (χ4v) is 0.831. The van der Waals surface area contributed by atoms with Crippen LogP contribution in [0.25, 0.3) is 0 Å². The molecule has 0 aliphatic carbocycles. The number of rotatable bonds is 4. The minimum atomic E-state index is -2.93. The van der Waals surface area contributed by atoms with E-state index < -0.39 is 34.7 Å². The molecule has 0 spiro atoms. The van der Waals surface area contributed by atoms with Crippen LogP contribution < -0.4 is 0 Å². The van der Waals surface area contributed by atoms with E-state index in [4.69, 9.17) is 5.11 Å². The highest BCUT2D eigenvalue weighted by atomic mass is 32.2. The Bertz CT molecular complexity index is 147. The van der Waals surface area contributed by atoms with E-state index in [9.17, 15) is 17.8 Å². The molecule has 60 valence electrons. The van der Waals surface area contributed by atoms with Crippen molar-refractivity contribution in [3.63, 3.8) is 0 Å². The summed E-state index contributed by atoms with van der Waals surface area (Å²) in [6.07, 6.45) is -0.475. The van der Waals surface area contributed by atoms with E-state index >= 15 is 0 Å². The first-order valence-corrected chi connectivity index (χ1v) is 3.79. The zero-order valence-corrected chi connectivity index (χ0v) is 5.74. The Morgan fingerprint density at radius 1 is 1.60 bits per heavy atom. The van der Waals surface area contributed by atoms with Crippen LogP contribution in [-0.4, -0.2) is 26.8 Å². The highest BCUT2D eigenvalue weighted by Gasteiger charge is 2.13. The van der Waals surface area contributed by atoms with Gasteiger partial charge >= 0.3 is 11.7 Å². The maximum Gasteiger partial charge on any atom is 0.311 e. The Labute approximate surface area is 58.5 Å². The number of carboxylic acids is 1.